The van der Waals surface area contributed by atoms with E-state index in [1.54, 1.807) is 44.6 Å². The Bertz CT molecular complexity index is 1050. The average molecular weight is 461 g/mol. The van der Waals surface area contributed by atoms with Crippen LogP contribution in [0.5, 0.6) is 23.0 Å². The van der Waals surface area contributed by atoms with Crippen LogP contribution in [0.25, 0.3) is 6.08 Å². The van der Waals surface area contributed by atoms with Gasteiger partial charge in [0.15, 0.2) is 5.76 Å². The van der Waals surface area contributed by atoms with Gasteiger partial charge in [0.25, 0.3) is 0 Å². The van der Waals surface area contributed by atoms with Gasteiger partial charge in [-0.25, -0.2) is 0 Å². The number of allylic oxidation sites excluding steroid dienone is 1. The van der Waals surface area contributed by atoms with Crippen molar-refractivity contribution >= 4 is 24.3 Å². The SMILES string of the molecule is COc1ccc(OC)c(C=C2Oc3c(CN4CCN(C)CC4)c(O)cc(C)c3C2=O)c1.Cl. The molecule has 2 heterocycles. The number of Topliss-reactive ketones (excluding diaryl/α,β-unsaturated/α-hetero) is 1. The Kier molecular flexibility index (Phi) is 7.33. The summed E-state index contributed by atoms with van der Waals surface area (Å²) in [7, 11) is 5.26. The molecule has 1 N–H and O–H groups in total. The largest absolute Gasteiger partial charge is 0.507 e. The fraction of sp³-hybridized carbons (Fsp3) is 0.375. The molecule has 1 fully saturated rings. The first-order valence-corrected chi connectivity index (χ1v) is 10.3. The van der Waals surface area contributed by atoms with E-state index in [9.17, 15) is 9.90 Å². The molecule has 0 saturated carbocycles. The Labute approximate surface area is 194 Å². The maximum absolute atomic E-state index is 13.2. The number of methoxy groups -OCH3 is 2. The zero-order valence-corrected chi connectivity index (χ0v) is 19.6. The van der Waals surface area contributed by atoms with Crippen molar-refractivity contribution in [2.75, 3.05) is 47.4 Å². The lowest BCUT2D eigenvalue weighted by Crippen LogP contribution is -2.43. The quantitative estimate of drug-likeness (QED) is 0.684. The first-order chi connectivity index (χ1) is 14.9. The van der Waals surface area contributed by atoms with Gasteiger partial charge in [0, 0.05) is 38.3 Å². The number of nitrogens with zero attached hydrogens (tertiary/aromatic N) is 2. The lowest BCUT2D eigenvalue weighted by atomic mass is 9.99. The highest BCUT2D eigenvalue weighted by atomic mass is 35.5. The maximum atomic E-state index is 13.2. The number of phenolic OH excluding ortho intramolecular Hbond substituents is 1. The summed E-state index contributed by atoms with van der Waals surface area (Å²) >= 11 is 0. The van der Waals surface area contributed by atoms with E-state index in [-0.39, 0.29) is 29.7 Å². The molecule has 172 valence electrons. The van der Waals surface area contributed by atoms with Crippen molar-refractivity contribution in [1.29, 1.82) is 0 Å². The van der Waals surface area contributed by atoms with Crippen LogP contribution in [-0.4, -0.2) is 68.1 Å². The number of ether oxygens (including phenoxy) is 3. The topological polar surface area (TPSA) is 71.5 Å². The smallest absolute Gasteiger partial charge is 0.232 e. The predicted octanol–water partition coefficient (Wildman–Crippen LogP) is 3.50. The van der Waals surface area contributed by atoms with Gasteiger partial charge in [-0.2, -0.15) is 0 Å². The van der Waals surface area contributed by atoms with Gasteiger partial charge < -0.3 is 24.2 Å². The van der Waals surface area contributed by atoms with Crippen molar-refractivity contribution in [2.24, 2.45) is 0 Å². The van der Waals surface area contributed by atoms with Crippen molar-refractivity contribution in [3.05, 3.63) is 52.3 Å². The molecule has 2 aromatic rings. The van der Waals surface area contributed by atoms with Gasteiger partial charge in [0.1, 0.15) is 23.0 Å². The highest BCUT2D eigenvalue weighted by molar-refractivity contribution is 6.16. The molecule has 4 rings (SSSR count). The van der Waals surface area contributed by atoms with E-state index in [2.05, 4.69) is 16.8 Å². The van der Waals surface area contributed by atoms with Crippen LogP contribution in [0.4, 0.5) is 0 Å². The number of hydrogen-bond donors (Lipinski definition) is 1. The second-order valence-electron chi connectivity index (χ2n) is 8.02. The molecule has 0 spiro atoms. The highest BCUT2D eigenvalue weighted by Gasteiger charge is 2.34. The Balaban J connectivity index is 0.00000289. The van der Waals surface area contributed by atoms with E-state index in [0.29, 0.717) is 46.0 Å². The summed E-state index contributed by atoms with van der Waals surface area (Å²) in [6.45, 7) is 6.08. The lowest BCUT2D eigenvalue weighted by molar-refractivity contribution is 0.101. The third-order valence-corrected chi connectivity index (χ3v) is 5.92. The van der Waals surface area contributed by atoms with Crippen LogP contribution in [0.1, 0.15) is 27.0 Å². The Morgan fingerprint density at radius 3 is 2.50 bits per heavy atom. The number of aromatic hydroxyl groups is 1. The van der Waals surface area contributed by atoms with Crippen LogP contribution in [-0.2, 0) is 6.54 Å². The molecule has 7 nitrogen and oxygen atoms in total. The molecule has 0 atom stereocenters. The fourth-order valence-electron chi connectivity index (χ4n) is 4.06. The zero-order chi connectivity index (χ0) is 22.1. The monoisotopic (exact) mass is 460 g/mol. The molecule has 0 amide bonds. The molecule has 2 aliphatic rings. The van der Waals surface area contributed by atoms with Crippen LogP contribution in [0.2, 0.25) is 0 Å². The molecule has 0 aromatic heterocycles. The first kappa shape index (κ1) is 23.9. The van der Waals surface area contributed by atoms with Crippen molar-refractivity contribution in [3.63, 3.8) is 0 Å². The summed E-state index contributed by atoms with van der Waals surface area (Å²) in [5, 5.41) is 10.7. The standard InChI is InChI=1S/C24H28N2O5.ClH/c1-15-11-19(27)18(14-26-9-7-25(2)8-10-26)24-22(15)23(28)21(31-24)13-16-12-17(29-3)5-6-20(16)30-4;/h5-6,11-13,27H,7-10,14H2,1-4H3;1H. The van der Waals surface area contributed by atoms with E-state index < -0.39 is 0 Å². The minimum absolute atomic E-state index is 0. The minimum atomic E-state index is -0.197. The molecular formula is C24H29ClN2O5. The average Bonchev–Trinajstić information content (AvgIpc) is 3.08. The van der Waals surface area contributed by atoms with Gasteiger partial charge >= 0.3 is 0 Å². The van der Waals surface area contributed by atoms with E-state index in [1.165, 1.54) is 0 Å². The number of fused-ring (bicyclic) bond motifs is 1. The maximum Gasteiger partial charge on any atom is 0.232 e. The van der Waals surface area contributed by atoms with Crippen molar-refractivity contribution in [3.8, 4) is 23.0 Å². The van der Waals surface area contributed by atoms with Crippen molar-refractivity contribution in [1.82, 2.24) is 9.80 Å². The Morgan fingerprint density at radius 1 is 1.12 bits per heavy atom. The normalized spacial score (nSPS) is 17.6. The second kappa shape index (κ2) is 9.81. The second-order valence-corrected chi connectivity index (χ2v) is 8.02. The summed E-state index contributed by atoms with van der Waals surface area (Å²) in [6, 6.07) is 7.03. The number of aryl methyl sites for hydroxylation is 1. The van der Waals surface area contributed by atoms with Gasteiger partial charge in [-0.15, -0.1) is 12.4 Å². The number of likely N-dealkylation sites (N-methyl/N-ethyl adjacent to an activating group) is 1. The summed E-state index contributed by atoms with van der Waals surface area (Å²) < 4.78 is 16.8. The van der Waals surface area contributed by atoms with Crippen molar-refractivity contribution in [2.45, 2.75) is 13.5 Å². The summed E-state index contributed by atoms with van der Waals surface area (Å²) in [5.41, 5.74) is 2.54. The van der Waals surface area contributed by atoms with Gasteiger partial charge in [-0.3, -0.25) is 9.69 Å². The van der Waals surface area contributed by atoms with E-state index in [1.807, 2.05) is 6.92 Å². The first-order valence-electron chi connectivity index (χ1n) is 10.3. The number of carbonyl (C=O) groups excluding carboxylic acids is 1. The molecule has 32 heavy (non-hydrogen) atoms. The molecule has 0 radical (unpaired) electrons. The van der Waals surface area contributed by atoms with E-state index in [0.717, 1.165) is 26.2 Å². The van der Waals surface area contributed by atoms with Gasteiger partial charge in [-0.1, -0.05) is 0 Å². The molecule has 2 aliphatic heterocycles. The predicted molar refractivity (Wildman–Crippen MR) is 125 cm³/mol. The molecule has 8 heteroatoms. The van der Waals surface area contributed by atoms with Crippen molar-refractivity contribution < 1.29 is 24.1 Å². The van der Waals surface area contributed by atoms with Crippen LogP contribution >= 0.6 is 12.4 Å². The molecule has 0 unspecified atom stereocenters. The molecule has 0 bridgehead atoms. The summed E-state index contributed by atoms with van der Waals surface area (Å²) in [4.78, 5) is 17.8. The number of carbonyl (C=O) groups is 1. The van der Waals surface area contributed by atoms with Crippen LogP contribution in [0.15, 0.2) is 30.0 Å². The molecular weight excluding hydrogens is 432 g/mol. The highest BCUT2D eigenvalue weighted by Crippen LogP contribution is 2.43. The van der Waals surface area contributed by atoms with Gasteiger partial charge in [0.2, 0.25) is 5.78 Å². The third kappa shape index (κ3) is 4.55. The number of phenols is 1. The lowest BCUT2D eigenvalue weighted by Gasteiger charge is -2.32. The molecule has 1 saturated heterocycles. The number of hydrogen-bond acceptors (Lipinski definition) is 7. The Hall–Kier alpha value is -2.74. The number of ketones is 1. The minimum Gasteiger partial charge on any atom is -0.507 e. The summed E-state index contributed by atoms with van der Waals surface area (Å²) in [5.74, 6) is 1.88. The van der Waals surface area contributed by atoms with Gasteiger partial charge in [-0.05, 0) is 49.9 Å². The number of benzene rings is 2. The third-order valence-electron chi connectivity index (χ3n) is 5.92. The van der Waals surface area contributed by atoms with E-state index >= 15 is 0 Å². The molecule has 0 aliphatic carbocycles. The number of halogens is 1. The number of piperazine rings is 1. The molecule has 2 aromatic carbocycles. The van der Waals surface area contributed by atoms with E-state index in [4.69, 9.17) is 14.2 Å². The zero-order valence-electron chi connectivity index (χ0n) is 18.8. The van der Waals surface area contributed by atoms with Gasteiger partial charge in [0.05, 0.1) is 25.3 Å². The van der Waals surface area contributed by atoms with Crippen LogP contribution in [0.3, 0.4) is 0 Å². The van der Waals surface area contributed by atoms with Crippen LogP contribution in [0, 0.1) is 6.92 Å². The fourth-order valence-corrected chi connectivity index (χ4v) is 4.06. The van der Waals surface area contributed by atoms with Crippen LogP contribution < -0.4 is 14.2 Å². The summed E-state index contributed by atoms with van der Waals surface area (Å²) in [6.07, 6.45) is 1.67. The number of rotatable bonds is 5. The Morgan fingerprint density at radius 2 is 1.84 bits per heavy atom.